The average molecular weight is 451 g/mol. The van der Waals surface area contributed by atoms with Gasteiger partial charge < -0.3 is 29.9 Å². The van der Waals surface area contributed by atoms with E-state index >= 15 is 0 Å². The molecule has 11 heteroatoms. The minimum Gasteiger partial charge on any atom is -0.376 e. The van der Waals surface area contributed by atoms with Crippen LogP contribution in [0.3, 0.4) is 0 Å². The van der Waals surface area contributed by atoms with Gasteiger partial charge in [0.25, 0.3) is 0 Å². The van der Waals surface area contributed by atoms with Gasteiger partial charge in [0.15, 0.2) is 5.82 Å². The van der Waals surface area contributed by atoms with Crippen molar-refractivity contribution in [2.24, 2.45) is 0 Å². The Morgan fingerprint density at radius 3 is 2.78 bits per heavy atom. The fraction of sp³-hybridized carbons (Fsp3) is 0.714. The van der Waals surface area contributed by atoms with E-state index in [0.717, 1.165) is 25.7 Å². The Labute approximate surface area is 186 Å². The standard InChI is InChI=1S/C21H31FN6O4/c1-2-23-20(30)28-7-3-6-21(14-31-13-18(29)26-21)17(28)12-32-16-4-8-27(9-5-16)19-24-10-15(22)11-25-19/h10-11,16-17H,2-9,12-14H2,1H3,(H,23,30)(H,26,29)/t17-,21+/m0/s1. The van der Waals surface area contributed by atoms with Gasteiger partial charge in [0.05, 0.1) is 43.3 Å². The van der Waals surface area contributed by atoms with Gasteiger partial charge in [-0.1, -0.05) is 0 Å². The minimum absolute atomic E-state index is 0.0157. The van der Waals surface area contributed by atoms with Gasteiger partial charge in [-0.15, -0.1) is 0 Å². The number of ether oxygens (including phenoxy) is 2. The lowest BCUT2D eigenvalue weighted by Gasteiger charge is -2.51. The zero-order valence-electron chi connectivity index (χ0n) is 18.4. The van der Waals surface area contributed by atoms with Crippen LogP contribution < -0.4 is 15.5 Å². The predicted octanol–water partition coefficient (Wildman–Crippen LogP) is 0.680. The number of amides is 3. The van der Waals surface area contributed by atoms with Crippen molar-refractivity contribution in [1.29, 1.82) is 0 Å². The molecule has 3 amide bonds. The molecule has 0 aliphatic carbocycles. The third-order valence-corrected chi connectivity index (χ3v) is 6.43. The molecule has 0 unspecified atom stereocenters. The molecule has 1 aromatic heterocycles. The number of urea groups is 1. The van der Waals surface area contributed by atoms with Crippen molar-refractivity contribution >= 4 is 17.9 Å². The average Bonchev–Trinajstić information content (AvgIpc) is 2.79. The van der Waals surface area contributed by atoms with Gasteiger partial charge in [-0.3, -0.25) is 4.79 Å². The Kier molecular flexibility index (Phi) is 7.04. The lowest BCUT2D eigenvalue weighted by molar-refractivity contribution is -0.143. The number of rotatable bonds is 5. The number of hydrogen-bond acceptors (Lipinski definition) is 7. The second kappa shape index (κ2) is 9.95. The van der Waals surface area contributed by atoms with Crippen LogP contribution in [0.2, 0.25) is 0 Å². The number of carbonyl (C=O) groups excluding carboxylic acids is 2. The Morgan fingerprint density at radius 2 is 2.09 bits per heavy atom. The molecule has 32 heavy (non-hydrogen) atoms. The van der Waals surface area contributed by atoms with Gasteiger partial charge in [-0.25, -0.2) is 19.2 Å². The molecule has 1 spiro atoms. The second-order valence-corrected chi connectivity index (χ2v) is 8.57. The van der Waals surface area contributed by atoms with E-state index in [1.807, 2.05) is 11.8 Å². The van der Waals surface area contributed by atoms with Crippen molar-refractivity contribution in [3.05, 3.63) is 18.2 Å². The molecule has 10 nitrogen and oxygen atoms in total. The topological polar surface area (TPSA) is 109 Å². The molecular formula is C21H31FN6O4. The molecule has 0 aromatic carbocycles. The molecule has 3 fully saturated rings. The zero-order valence-corrected chi connectivity index (χ0v) is 18.4. The molecular weight excluding hydrogens is 419 g/mol. The molecule has 4 heterocycles. The van der Waals surface area contributed by atoms with E-state index in [-0.39, 0.29) is 30.7 Å². The van der Waals surface area contributed by atoms with Crippen molar-refractivity contribution in [3.8, 4) is 0 Å². The Bertz CT molecular complexity index is 800. The first-order valence-corrected chi connectivity index (χ1v) is 11.3. The van der Waals surface area contributed by atoms with E-state index in [4.69, 9.17) is 9.47 Å². The molecule has 0 bridgehead atoms. The summed E-state index contributed by atoms with van der Waals surface area (Å²) in [6.07, 6.45) is 5.42. The van der Waals surface area contributed by atoms with Crippen LogP contribution in [-0.4, -0.2) is 90.5 Å². The highest BCUT2D eigenvalue weighted by Gasteiger charge is 2.49. The lowest BCUT2D eigenvalue weighted by Crippen LogP contribution is -2.72. The third-order valence-electron chi connectivity index (χ3n) is 6.43. The quantitative estimate of drug-likeness (QED) is 0.679. The summed E-state index contributed by atoms with van der Waals surface area (Å²) >= 11 is 0. The van der Waals surface area contributed by atoms with Crippen LogP contribution in [0.25, 0.3) is 0 Å². The molecule has 3 saturated heterocycles. The van der Waals surface area contributed by atoms with Crippen molar-refractivity contribution in [3.63, 3.8) is 0 Å². The van der Waals surface area contributed by atoms with Gasteiger partial charge in [0.1, 0.15) is 6.61 Å². The van der Waals surface area contributed by atoms with Gasteiger partial charge in [-0.05, 0) is 32.6 Å². The van der Waals surface area contributed by atoms with Crippen LogP contribution in [0, 0.1) is 5.82 Å². The number of aromatic nitrogens is 2. The van der Waals surface area contributed by atoms with Crippen LogP contribution in [0.1, 0.15) is 32.6 Å². The monoisotopic (exact) mass is 450 g/mol. The number of anilines is 1. The van der Waals surface area contributed by atoms with Gasteiger partial charge >= 0.3 is 6.03 Å². The number of nitrogens with one attached hydrogen (secondary N) is 2. The molecule has 176 valence electrons. The summed E-state index contributed by atoms with van der Waals surface area (Å²) in [5, 5.41) is 5.98. The maximum Gasteiger partial charge on any atom is 0.317 e. The third kappa shape index (κ3) is 4.93. The van der Waals surface area contributed by atoms with E-state index in [2.05, 4.69) is 20.6 Å². The van der Waals surface area contributed by atoms with Crippen LogP contribution in [-0.2, 0) is 14.3 Å². The minimum atomic E-state index is -0.638. The number of morpholine rings is 1. The summed E-state index contributed by atoms with van der Waals surface area (Å²) in [5.74, 6) is -0.101. The summed E-state index contributed by atoms with van der Waals surface area (Å²) in [6.45, 7) is 5.15. The van der Waals surface area contributed by atoms with E-state index in [9.17, 15) is 14.0 Å². The first-order valence-electron chi connectivity index (χ1n) is 11.3. The first kappa shape index (κ1) is 22.7. The van der Waals surface area contributed by atoms with Crippen LogP contribution >= 0.6 is 0 Å². The highest BCUT2D eigenvalue weighted by atomic mass is 19.1. The summed E-state index contributed by atoms with van der Waals surface area (Å²) in [6, 6.07) is -0.464. The zero-order chi connectivity index (χ0) is 22.6. The Morgan fingerprint density at radius 1 is 1.34 bits per heavy atom. The van der Waals surface area contributed by atoms with E-state index in [0.29, 0.717) is 45.3 Å². The molecule has 4 rings (SSSR count). The Balaban J connectivity index is 1.39. The summed E-state index contributed by atoms with van der Waals surface area (Å²) in [5.41, 5.74) is -0.638. The maximum atomic E-state index is 13.1. The number of piperidine rings is 2. The van der Waals surface area contributed by atoms with E-state index in [1.165, 1.54) is 12.4 Å². The van der Waals surface area contributed by atoms with Crippen molar-refractivity contribution < 1.29 is 23.5 Å². The van der Waals surface area contributed by atoms with Crippen molar-refractivity contribution in [1.82, 2.24) is 25.5 Å². The largest absolute Gasteiger partial charge is 0.376 e. The van der Waals surface area contributed by atoms with Crippen molar-refractivity contribution in [2.45, 2.75) is 50.3 Å². The summed E-state index contributed by atoms with van der Waals surface area (Å²) in [7, 11) is 0. The van der Waals surface area contributed by atoms with Gasteiger partial charge in [-0.2, -0.15) is 0 Å². The number of halogens is 1. The lowest BCUT2D eigenvalue weighted by atomic mass is 9.81. The van der Waals surface area contributed by atoms with Crippen LogP contribution in [0.5, 0.6) is 0 Å². The molecule has 1 aromatic rings. The fourth-order valence-corrected chi connectivity index (χ4v) is 4.84. The van der Waals surface area contributed by atoms with Crippen LogP contribution in [0.15, 0.2) is 12.4 Å². The number of carbonyl (C=O) groups is 2. The van der Waals surface area contributed by atoms with Crippen molar-refractivity contribution in [2.75, 3.05) is 50.9 Å². The first-order chi connectivity index (χ1) is 15.5. The van der Waals surface area contributed by atoms with Crippen LogP contribution in [0.4, 0.5) is 15.1 Å². The SMILES string of the molecule is CCNC(=O)N1CCC[C@@]2(COCC(=O)N2)[C@@H]1COC1CCN(c2ncc(F)cn2)CC1. The molecule has 0 saturated carbocycles. The fourth-order valence-electron chi connectivity index (χ4n) is 4.84. The molecule has 3 aliphatic heterocycles. The normalized spacial score (nSPS) is 26.8. The van der Waals surface area contributed by atoms with Gasteiger partial charge in [0.2, 0.25) is 11.9 Å². The van der Waals surface area contributed by atoms with E-state index < -0.39 is 11.4 Å². The maximum absolute atomic E-state index is 13.1. The molecule has 2 atom stereocenters. The predicted molar refractivity (Wildman–Crippen MR) is 114 cm³/mol. The highest BCUT2D eigenvalue weighted by Crippen LogP contribution is 2.31. The molecule has 3 aliphatic rings. The smallest absolute Gasteiger partial charge is 0.317 e. The number of hydrogen-bond donors (Lipinski definition) is 2. The van der Waals surface area contributed by atoms with E-state index in [1.54, 1.807) is 4.90 Å². The number of likely N-dealkylation sites (tertiary alicyclic amines) is 1. The molecule has 2 N–H and O–H groups in total. The summed E-state index contributed by atoms with van der Waals surface area (Å²) in [4.78, 5) is 36.8. The molecule has 0 radical (unpaired) electrons. The summed E-state index contributed by atoms with van der Waals surface area (Å²) < 4.78 is 24.9. The highest BCUT2D eigenvalue weighted by molar-refractivity contribution is 5.80. The Hall–Kier alpha value is -2.53. The number of nitrogens with zero attached hydrogens (tertiary/aromatic N) is 4. The second-order valence-electron chi connectivity index (χ2n) is 8.57. The van der Waals surface area contributed by atoms with Gasteiger partial charge in [0, 0.05) is 26.2 Å².